The van der Waals surface area contributed by atoms with Crippen LogP contribution < -0.4 is 5.32 Å². The molecule has 120 valence electrons. The molecule has 24 heavy (non-hydrogen) atoms. The fourth-order valence-corrected chi connectivity index (χ4v) is 3.32. The van der Waals surface area contributed by atoms with E-state index in [0.29, 0.717) is 5.11 Å². The van der Waals surface area contributed by atoms with Gasteiger partial charge in [0.25, 0.3) is 0 Å². The van der Waals surface area contributed by atoms with Crippen LogP contribution in [0.15, 0.2) is 71.3 Å². The molecule has 2 aromatic heterocycles. The van der Waals surface area contributed by atoms with Crippen molar-refractivity contribution in [2.45, 2.75) is 12.1 Å². The lowest BCUT2D eigenvalue weighted by Gasteiger charge is -2.21. The molecule has 0 bridgehead atoms. The van der Waals surface area contributed by atoms with E-state index in [0.717, 1.165) is 22.8 Å². The largest absolute Gasteiger partial charge is 0.459 e. The van der Waals surface area contributed by atoms with E-state index in [1.807, 2.05) is 72.6 Å². The van der Waals surface area contributed by atoms with Gasteiger partial charge < -0.3 is 14.6 Å². The van der Waals surface area contributed by atoms with Gasteiger partial charge in [-0.3, -0.25) is 4.98 Å². The topological polar surface area (TPSA) is 41.3 Å². The highest BCUT2D eigenvalue weighted by molar-refractivity contribution is 7.80. The maximum atomic E-state index is 6.16. The molecule has 0 unspecified atom stereocenters. The molecule has 4 nitrogen and oxygen atoms in total. The number of pyridine rings is 1. The number of benzene rings is 1. The maximum Gasteiger partial charge on any atom is 0.170 e. The summed E-state index contributed by atoms with van der Waals surface area (Å²) in [6, 6.07) is 20.0. The van der Waals surface area contributed by atoms with Crippen molar-refractivity contribution in [2.24, 2.45) is 0 Å². The Hall–Kier alpha value is -2.66. The fraction of sp³-hybridized carbons (Fsp3) is 0.158. The van der Waals surface area contributed by atoms with E-state index in [1.54, 1.807) is 6.20 Å². The Balaban J connectivity index is 1.71. The van der Waals surface area contributed by atoms with Crippen molar-refractivity contribution in [3.63, 3.8) is 0 Å². The molecule has 3 heterocycles. The van der Waals surface area contributed by atoms with Crippen LogP contribution >= 0.6 is 12.2 Å². The predicted octanol–water partition coefficient (Wildman–Crippen LogP) is 3.94. The summed E-state index contributed by atoms with van der Waals surface area (Å²) in [5.41, 5.74) is 2.01. The third-order valence-electron chi connectivity index (χ3n) is 4.32. The SMILES string of the molecule is CN1C(=S)N[C@@H](c2ccccn2)[C@H]1c1ccc(-c2ccccc2)o1. The maximum absolute atomic E-state index is 6.16. The number of hydrogen-bond acceptors (Lipinski definition) is 3. The number of thiocarbonyl (C=S) groups is 1. The second-order valence-corrected chi connectivity index (χ2v) is 6.19. The first-order valence-electron chi connectivity index (χ1n) is 7.83. The third kappa shape index (κ3) is 2.57. The summed E-state index contributed by atoms with van der Waals surface area (Å²) < 4.78 is 6.16. The minimum Gasteiger partial charge on any atom is -0.459 e. The quantitative estimate of drug-likeness (QED) is 0.734. The lowest BCUT2D eigenvalue weighted by atomic mass is 10.0. The number of nitrogens with zero attached hydrogens (tertiary/aromatic N) is 2. The standard InChI is InChI=1S/C19H17N3OS/c1-22-18(17(21-19(22)24)14-9-5-6-12-20-14)16-11-10-15(23-16)13-7-3-2-4-8-13/h2-12,17-18H,1H3,(H,21,24)/t17-,18+/m0/s1. The summed E-state index contributed by atoms with van der Waals surface area (Å²) in [4.78, 5) is 6.51. The van der Waals surface area contributed by atoms with Crippen LogP contribution in [0.25, 0.3) is 11.3 Å². The number of likely N-dealkylation sites (N-methyl/N-ethyl adjacent to an activating group) is 1. The Morgan fingerprint density at radius 3 is 2.58 bits per heavy atom. The predicted molar refractivity (Wildman–Crippen MR) is 97.4 cm³/mol. The van der Waals surface area contributed by atoms with E-state index in [9.17, 15) is 0 Å². The Morgan fingerprint density at radius 2 is 1.83 bits per heavy atom. The fourth-order valence-electron chi connectivity index (χ4n) is 3.08. The van der Waals surface area contributed by atoms with Gasteiger partial charge in [0.05, 0.1) is 11.7 Å². The van der Waals surface area contributed by atoms with Gasteiger partial charge in [-0.15, -0.1) is 0 Å². The molecule has 0 saturated carbocycles. The molecule has 1 aliphatic rings. The minimum atomic E-state index is -0.0292. The van der Waals surface area contributed by atoms with Crippen LogP contribution in [0.1, 0.15) is 23.5 Å². The average Bonchev–Trinajstić information content (AvgIpc) is 3.22. The third-order valence-corrected chi connectivity index (χ3v) is 4.72. The van der Waals surface area contributed by atoms with Crippen molar-refractivity contribution >= 4 is 17.3 Å². The Bertz CT molecular complexity index is 847. The van der Waals surface area contributed by atoms with Crippen molar-refractivity contribution in [1.82, 2.24) is 15.2 Å². The first kappa shape index (κ1) is 14.9. The summed E-state index contributed by atoms with van der Waals surface area (Å²) in [7, 11) is 1.98. The molecule has 4 rings (SSSR count). The zero-order valence-corrected chi connectivity index (χ0v) is 14.0. The lowest BCUT2D eigenvalue weighted by molar-refractivity contribution is 0.310. The molecule has 0 spiro atoms. The summed E-state index contributed by atoms with van der Waals surface area (Å²) in [5, 5.41) is 4.05. The van der Waals surface area contributed by atoms with Crippen molar-refractivity contribution in [1.29, 1.82) is 0 Å². The number of aromatic nitrogens is 1. The van der Waals surface area contributed by atoms with Crippen LogP contribution in [0.3, 0.4) is 0 Å². The first-order chi connectivity index (χ1) is 11.7. The van der Waals surface area contributed by atoms with Gasteiger partial charge in [-0.05, 0) is 36.5 Å². The lowest BCUT2D eigenvalue weighted by Crippen LogP contribution is -2.24. The molecule has 1 aliphatic heterocycles. The summed E-state index contributed by atoms with van der Waals surface area (Å²) in [5.74, 6) is 1.73. The first-order valence-corrected chi connectivity index (χ1v) is 8.24. The smallest absolute Gasteiger partial charge is 0.170 e. The van der Waals surface area contributed by atoms with E-state index in [1.165, 1.54) is 0 Å². The number of rotatable bonds is 3. The van der Waals surface area contributed by atoms with Gasteiger partial charge in [0.2, 0.25) is 0 Å². The Morgan fingerprint density at radius 1 is 1.04 bits per heavy atom. The molecule has 0 radical (unpaired) electrons. The van der Waals surface area contributed by atoms with Gasteiger partial charge in [0.15, 0.2) is 5.11 Å². The molecule has 1 N–H and O–H groups in total. The molecule has 0 aliphatic carbocycles. The highest BCUT2D eigenvalue weighted by Crippen LogP contribution is 2.39. The zero-order valence-electron chi connectivity index (χ0n) is 13.2. The Labute approximate surface area is 146 Å². The van der Waals surface area contributed by atoms with Crippen molar-refractivity contribution in [2.75, 3.05) is 7.05 Å². The van der Waals surface area contributed by atoms with Crippen LogP contribution in [0.2, 0.25) is 0 Å². The number of furan rings is 1. The molecule has 1 aromatic carbocycles. The van der Waals surface area contributed by atoms with E-state index in [4.69, 9.17) is 16.6 Å². The minimum absolute atomic E-state index is 0.0233. The van der Waals surface area contributed by atoms with Gasteiger partial charge in [0, 0.05) is 18.8 Å². The normalized spacial score (nSPS) is 20.2. The highest BCUT2D eigenvalue weighted by atomic mass is 32.1. The summed E-state index contributed by atoms with van der Waals surface area (Å²) in [6.45, 7) is 0. The van der Waals surface area contributed by atoms with Gasteiger partial charge in [-0.1, -0.05) is 36.4 Å². The average molecular weight is 335 g/mol. The van der Waals surface area contributed by atoms with E-state index >= 15 is 0 Å². The highest BCUT2D eigenvalue weighted by Gasteiger charge is 2.39. The van der Waals surface area contributed by atoms with E-state index in [2.05, 4.69) is 10.3 Å². The van der Waals surface area contributed by atoms with Crippen LogP contribution in [-0.4, -0.2) is 22.0 Å². The van der Waals surface area contributed by atoms with Gasteiger partial charge >= 0.3 is 0 Å². The van der Waals surface area contributed by atoms with Gasteiger partial charge in [0.1, 0.15) is 17.6 Å². The van der Waals surface area contributed by atoms with Crippen molar-refractivity contribution < 1.29 is 4.42 Å². The van der Waals surface area contributed by atoms with Crippen molar-refractivity contribution in [3.05, 3.63) is 78.3 Å². The number of hydrogen-bond donors (Lipinski definition) is 1. The van der Waals surface area contributed by atoms with Crippen LogP contribution in [0, 0.1) is 0 Å². The van der Waals surface area contributed by atoms with Gasteiger partial charge in [-0.25, -0.2) is 0 Å². The molecule has 2 atom stereocenters. The second-order valence-electron chi connectivity index (χ2n) is 5.81. The summed E-state index contributed by atoms with van der Waals surface area (Å²) in [6.07, 6.45) is 1.80. The second kappa shape index (κ2) is 6.09. The van der Waals surface area contributed by atoms with Crippen LogP contribution in [-0.2, 0) is 0 Å². The zero-order chi connectivity index (χ0) is 16.5. The molecular formula is C19H17N3OS. The molecule has 1 saturated heterocycles. The van der Waals surface area contributed by atoms with E-state index < -0.39 is 0 Å². The van der Waals surface area contributed by atoms with Crippen molar-refractivity contribution in [3.8, 4) is 11.3 Å². The Kier molecular flexibility index (Phi) is 3.78. The summed E-state index contributed by atoms with van der Waals surface area (Å²) >= 11 is 5.44. The molecule has 1 fully saturated rings. The van der Waals surface area contributed by atoms with Gasteiger partial charge in [-0.2, -0.15) is 0 Å². The monoisotopic (exact) mass is 335 g/mol. The molecule has 5 heteroatoms. The molecule has 3 aromatic rings. The van der Waals surface area contributed by atoms with Crippen LogP contribution in [0.5, 0.6) is 0 Å². The van der Waals surface area contributed by atoms with Crippen LogP contribution in [0.4, 0.5) is 0 Å². The number of nitrogens with one attached hydrogen (secondary N) is 1. The van der Waals surface area contributed by atoms with E-state index in [-0.39, 0.29) is 12.1 Å². The molecular weight excluding hydrogens is 318 g/mol. The molecule has 0 amide bonds.